The molecule has 0 bridgehead atoms. The van der Waals surface area contributed by atoms with Crippen molar-refractivity contribution in [2.45, 2.75) is 32.2 Å². The van der Waals surface area contributed by atoms with Crippen LogP contribution >= 0.6 is 0 Å². The minimum atomic E-state index is -0.284. The fraction of sp³-hybridized carbons (Fsp3) is 0.462. The molecule has 4 nitrogen and oxygen atoms in total. The first kappa shape index (κ1) is 11.9. The SMILES string of the molecule is O=c1oc2ccccc2n1CCCCCCO. The zero-order valence-corrected chi connectivity index (χ0v) is 9.76. The van der Waals surface area contributed by atoms with E-state index in [2.05, 4.69) is 0 Å². The minimum Gasteiger partial charge on any atom is -0.408 e. The van der Waals surface area contributed by atoms with Crippen molar-refractivity contribution in [3.05, 3.63) is 34.8 Å². The molecule has 0 aliphatic heterocycles. The Morgan fingerprint density at radius 2 is 1.88 bits per heavy atom. The Hall–Kier alpha value is -1.55. The van der Waals surface area contributed by atoms with Gasteiger partial charge in [-0.25, -0.2) is 4.79 Å². The van der Waals surface area contributed by atoms with E-state index >= 15 is 0 Å². The largest absolute Gasteiger partial charge is 0.419 e. The highest BCUT2D eigenvalue weighted by molar-refractivity contribution is 5.72. The lowest BCUT2D eigenvalue weighted by molar-refractivity contribution is 0.282. The third-order valence-corrected chi connectivity index (χ3v) is 2.86. The van der Waals surface area contributed by atoms with Gasteiger partial charge >= 0.3 is 5.76 Å². The number of hydrogen-bond donors (Lipinski definition) is 1. The fourth-order valence-electron chi connectivity index (χ4n) is 1.96. The molecule has 2 aromatic rings. The number of aliphatic hydroxyl groups is 1. The van der Waals surface area contributed by atoms with E-state index in [0.29, 0.717) is 12.1 Å². The average molecular weight is 235 g/mol. The Morgan fingerprint density at radius 3 is 2.71 bits per heavy atom. The molecule has 0 aliphatic carbocycles. The van der Waals surface area contributed by atoms with E-state index in [-0.39, 0.29) is 12.4 Å². The molecule has 0 aliphatic rings. The molecule has 0 spiro atoms. The molecular formula is C13H17NO3. The zero-order chi connectivity index (χ0) is 12.1. The van der Waals surface area contributed by atoms with Crippen molar-refractivity contribution in [1.29, 1.82) is 0 Å². The molecule has 0 fully saturated rings. The van der Waals surface area contributed by atoms with E-state index in [0.717, 1.165) is 31.2 Å². The average Bonchev–Trinajstić information content (AvgIpc) is 2.65. The summed E-state index contributed by atoms with van der Waals surface area (Å²) in [5.74, 6) is -0.284. The predicted molar refractivity (Wildman–Crippen MR) is 66.0 cm³/mol. The molecule has 2 rings (SSSR count). The Balaban J connectivity index is 2.03. The Labute approximate surface area is 99.5 Å². The molecule has 0 amide bonds. The van der Waals surface area contributed by atoms with Gasteiger partial charge in [0.1, 0.15) is 0 Å². The monoisotopic (exact) mass is 235 g/mol. The molecule has 0 saturated heterocycles. The zero-order valence-electron chi connectivity index (χ0n) is 9.76. The van der Waals surface area contributed by atoms with E-state index in [1.165, 1.54) is 0 Å². The van der Waals surface area contributed by atoms with E-state index in [1.54, 1.807) is 10.6 Å². The van der Waals surface area contributed by atoms with Gasteiger partial charge in [-0.3, -0.25) is 4.57 Å². The van der Waals surface area contributed by atoms with Gasteiger partial charge in [0.15, 0.2) is 5.58 Å². The smallest absolute Gasteiger partial charge is 0.408 e. The number of oxazole rings is 1. The topological polar surface area (TPSA) is 55.4 Å². The summed E-state index contributed by atoms with van der Waals surface area (Å²) >= 11 is 0. The lowest BCUT2D eigenvalue weighted by atomic mass is 10.2. The molecule has 1 heterocycles. The summed E-state index contributed by atoms with van der Waals surface area (Å²) < 4.78 is 6.82. The summed E-state index contributed by atoms with van der Waals surface area (Å²) in [5.41, 5.74) is 1.51. The summed E-state index contributed by atoms with van der Waals surface area (Å²) in [7, 11) is 0. The van der Waals surface area contributed by atoms with Crippen molar-refractivity contribution < 1.29 is 9.52 Å². The maximum absolute atomic E-state index is 11.6. The van der Waals surface area contributed by atoms with Gasteiger partial charge in [-0.1, -0.05) is 25.0 Å². The van der Waals surface area contributed by atoms with Crippen LogP contribution in [0.2, 0.25) is 0 Å². The molecule has 1 aromatic heterocycles. The number of nitrogens with zero attached hydrogens (tertiary/aromatic N) is 1. The molecule has 1 aromatic carbocycles. The van der Waals surface area contributed by atoms with Crippen LogP contribution in [0.15, 0.2) is 33.5 Å². The second-order valence-electron chi connectivity index (χ2n) is 4.13. The Morgan fingerprint density at radius 1 is 1.12 bits per heavy atom. The fourth-order valence-corrected chi connectivity index (χ4v) is 1.96. The van der Waals surface area contributed by atoms with Crippen molar-refractivity contribution in [1.82, 2.24) is 4.57 Å². The first-order chi connectivity index (χ1) is 8.33. The van der Waals surface area contributed by atoms with Crippen molar-refractivity contribution in [3.8, 4) is 0 Å². The third kappa shape index (κ3) is 2.77. The quantitative estimate of drug-likeness (QED) is 0.780. The van der Waals surface area contributed by atoms with Crippen LogP contribution in [0.4, 0.5) is 0 Å². The number of fused-ring (bicyclic) bond motifs is 1. The standard InChI is InChI=1S/C13H17NO3/c15-10-6-2-1-5-9-14-11-7-3-4-8-12(11)17-13(14)16/h3-4,7-8,15H,1-2,5-6,9-10H2. The first-order valence-electron chi connectivity index (χ1n) is 6.02. The molecule has 0 unspecified atom stereocenters. The normalized spacial score (nSPS) is 11.1. The van der Waals surface area contributed by atoms with E-state index in [1.807, 2.05) is 18.2 Å². The summed E-state index contributed by atoms with van der Waals surface area (Å²) in [6, 6.07) is 7.46. The number of rotatable bonds is 6. The van der Waals surface area contributed by atoms with Gasteiger partial charge in [-0.15, -0.1) is 0 Å². The van der Waals surface area contributed by atoms with Gasteiger partial charge in [0.2, 0.25) is 0 Å². The molecular weight excluding hydrogens is 218 g/mol. The Bertz CT molecular complexity index is 527. The van der Waals surface area contributed by atoms with E-state index < -0.39 is 0 Å². The lowest BCUT2D eigenvalue weighted by Crippen LogP contribution is -2.14. The molecule has 0 radical (unpaired) electrons. The predicted octanol–water partition coefficient (Wildman–Crippen LogP) is 2.15. The third-order valence-electron chi connectivity index (χ3n) is 2.86. The van der Waals surface area contributed by atoms with Crippen LogP contribution in [0.1, 0.15) is 25.7 Å². The van der Waals surface area contributed by atoms with E-state index in [9.17, 15) is 4.79 Å². The van der Waals surface area contributed by atoms with Crippen LogP contribution in [-0.2, 0) is 6.54 Å². The molecule has 0 saturated carbocycles. The highest BCUT2D eigenvalue weighted by Gasteiger charge is 2.07. The molecule has 1 N–H and O–H groups in total. The van der Waals surface area contributed by atoms with Crippen molar-refractivity contribution >= 4 is 11.1 Å². The van der Waals surface area contributed by atoms with Gasteiger partial charge in [0.05, 0.1) is 5.52 Å². The maximum Gasteiger partial charge on any atom is 0.419 e. The number of aromatic nitrogens is 1. The maximum atomic E-state index is 11.6. The lowest BCUT2D eigenvalue weighted by Gasteiger charge is -2.01. The van der Waals surface area contributed by atoms with Gasteiger partial charge in [0.25, 0.3) is 0 Å². The van der Waals surface area contributed by atoms with Gasteiger partial charge in [-0.2, -0.15) is 0 Å². The summed E-state index contributed by atoms with van der Waals surface area (Å²) in [6.45, 7) is 0.926. The van der Waals surface area contributed by atoms with Crippen molar-refractivity contribution in [2.24, 2.45) is 0 Å². The number of hydrogen-bond acceptors (Lipinski definition) is 3. The summed E-state index contributed by atoms with van der Waals surface area (Å²) in [6.07, 6.45) is 3.79. The number of unbranched alkanes of at least 4 members (excludes halogenated alkanes) is 3. The molecule has 0 atom stereocenters. The van der Waals surface area contributed by atoms with Gasteiger partial charge < -0.3 is 9.52 Å². The molecule has 92 valence electrons. The van der Waals surface area contributed by atoms with Crippen LogP contribution in [0.3, 0.4) is 0 Å². The van der Waals surface area contributed by atoms with Crippen molar-refractivity contribution in [3.63, 3.8) is 0 Å². The number of benzene rings is 1. The number of aryl methyl sites for hydroxylation is 1. The first-order valence-corrected chi connectivity index (χ1v) is 6.02. The highest BCUT2D eigenvalue weighted by atomic mass is 16.4. The highest BCUT2D eigenvalue weighted by Crippen LogP contribution is 2.12. The summed E-state index contributed by atoms with van der Waals surface area (Å²) in [4.78, 5) is 11.6. The van der Waals surface area contributed by atoms with Crippen LogP contribution in [0, 0.1) is 0 Å². The second-order valence-corrected chi connectivity index (χ2v) is 4.13. The van der Waals surface area contributed by atoms with Crippen LogP contribution in [0.25, 0.3) is 11.1 Å². The number of para-hydroxylation sites is 2. The van der Waals surface area contributed by atoms with Crippen LogP contribution < -0.4 is 5.76 Å². The Kier molecular flexibility index (Phi) is 3.98. The second kappa shape index (κ2) is 5.68. The minimum absolute atomic E-state index is 0.245. The van der Waals surface area contributed by atoms with Gasteiger partial charge in [0, 0.05) is 13.2 Å². The van der Waals surface area contributed by atoms with Crippen molar-refractivity contribution in [2.75, 3.05) is 6.61 Å². The molecule has 17 heavy (non-hydrogen) atoms. The van der Waals surface area contributed by atoms with Crippen LogP contribution in [0.5, 0.6) is 0 Å². The van der Waals surface area contributed by atoms with E-state index in [4.69, 9.17) is 9.52 Å². The number of aliphatic hydroxyl groups excluding tert-OH is 1. The van der Waals surface area contributed by atoms with Gasteiger partial charge in [-0.05, 0) is 25.0 Å². The molecule has 4 heteroatoms. The van der Waals surface area contributed by atoms with Crippen LogP contribution in [-0.4, -0.2) is 16.3 Å². The summed E-state index contributed by atoms with van der Waals surface area (Å²) in [5, 5.41) is 8.66.